The number of hydrogen-bond acceptors (Lipinski definition) is 6. The summed E-state index contributed by atoms with van der Waals surface area (Å²) in [6, 6.07) is 0. The molecular weight excluding hydrogens is 266 g/mol. The van der Waals surface area contributed by atoms with Gasteiger partial charge < -0.3 is 19.1 Å². The third-order valence-corrected chi connectivity index (χ3v) is 3.10. The van der Waals surface area contributed by atoms with Gasteiger partial charge in [-0.3, -0.25) is 14.4 Å². The van der Waals surface area contributed by atoms with Crippen LogP contribution in [0.15, 0.2) is 0 Å². The monoisotopic (exact) mass is 287 g/mol. The summed E-state index contributed by atoms with van der Waals surface area (Å²) in [6.07, 6.45) is 0.396. The fraction of sp³-hybridized carbons (Fsp3) is 0.769. The maximum atomic E-state index is 11.7. The number of hydrogen-bond donors (Lipinski definition) is 0. The molecule has 0 radical (unpaired) electrons. The smallest absolute Gasteiger partial charge is 0.306 e. The number of amides is 1. The predicted molar refractivity (Wildman–Crippen MR) is 68.8 cm³/mol. The van der Waals surface area contributed by atoms with Crippen molar-refractivity contribution in [1.29, 1.82) is 0 Å². The van der Waals surface area contributed by atoms with Gasteiger partial charge in [0.1, 0.15) is 0 Å². The zero-order valence-electron chi connectivity index (χ0n) is 11.9. The molecule has 7 nitrogen and oxygen atoms in total. The molecule has 1 unspecified atom stereocenters. The Kier molecular flexibility index (Phi) is 7.00. The Morgan fingerprint density at radius 3 is 2.60 bits per heavy atom. The van der Waals surface area contributed by atoms with Crippen molar-refractivity contribution < 1.29 is 28.6 Å². The number of carbonyl (C=O) groups is 3. The van der Waals surface area contributed by atoms with Gasteiger partial charge in [-0.25, -0.2) is 0 Å². The summed E-state index contributed by atoms with van der Waals surface area (Å²) in [6.45, 7) is 1.83. The van der Waals surface area contributed by atoms with E-state index >= 15 is 0 Å². The Balaban J connectivity index is 2.21. The van der Waals surface area contributed by atoms with Gasteiger partial charge in [-0.15, -0.1) is 0 Å². The second kappa shape index (κ2) is 8.52. The molecule has 0 N–H and O–H groups in total. The van der Waals surface area contributed by atoms with Gasteiger partial charge in [-0.05, 0) is 0 Å². The van der Waals surface area contributed by atoms with E-state index in [4.69, 9.17) is 9.47 Å². The molecule has 1 amide bonds. The number of ether oxygens (including phenoxy) is 3. The van der Waals surface area contributed by atoms with Gasteiger partial charge in [0.15, 0.2) is 0 Å². The molecule has 1 heterocycles. The standard InChI is InChI=1S/C13H21NO6/c1-18-6-5-14-8-10(7-11(14)15)9-20-13(17)4-3-12(16)19-2/h10H,3-9H2,1-2H3. The molecule has 0 aliphatic carbocycles. The zero-order chi connectivity index (χ0) is 15.0. The van der Waals surface area contributed by atoms with Crippen molar-refractivity contribution in [1.82, 2.24) is 4.90 Å². The van der Waals surface area contributed by atoms with Crippen LogP contribution in [0.2, 0.25) is 0 Å². The maximum absolute atomic E-state index is 11.7. The van der Waals surface area contributed by atoms with E-state index < -0.39 is 11.9 Å². The molecule has 7 heteroatoms. The lowest BCUT2D eigenvalue weighted by atomic mass is 10.1. The van der Waals surface area contributed by atoms with Crippen LogP contribution in [-0.4, -0.2) is 63.3 Å². The number of likely N-dealkylation sites (tertiary alicyclic amines) is 1. The van der Waals surface area contributed by atoms with Crippen LogP contribution in [-0.2, 0) is 28.6 Å². The Morgan fingerprint density at radius 1 is 1.25 bits per heavy atom. The van der Waals surface area contributed by atoms with Gasteiger partial charge in [0, 0.05) is 32.5 Å². The van der Waals surface area contributed by atoms with Crippen molar-refractivity contribution in [3.05, 3.63) is 0 Å². The first-order valence-corrected chi connectivity index (χ1v) is 6.56. The maximum Gasteiger partial charge on any atom is 0.306 e. The summed E-state index contributed by atoms with van der Waals surface area (Å²) >= 11 is 0. The first kappa shape index (κ1) is 16.4. The fourth-order valence-electron chi connectivity index (χ4n) is 1.97. The van der Waals surface area contributed by atoms with Gasteiger partial charge in [0.05, 0.1) is 33.2 Å². The lowest BCUT2D eigenvalue weighted by molar-refractivity contribution is -0.149. The molecular formula is C13H21NO6. The van der Waals surface area contributed by atoms with Crippen molar-refractivity contribution in [2.24, 2.45) is 5.92 Å². The topological polar surface area (TPSA) is 82.1 Å². The van der Waals surface area contributed by atoms with Crippen molar-refractivity contribution >= 4 is 17.8 Å². The highest BCUT2D eigenvalue weighted by atomic mass is 16.5. The molecule has 0 spiro atoms. The van der Waals surface area contributed by atoms with Crippen LogP contribution in [0, 0.1) is 5.92 Å². The second-order valence-corrected chi connectivity index (χ2v) is 4.66. The van der Waals surface area contributed by atoms with Gasteiger partial charge in [0.25, 0.3) is 0 Å². The third-order valence-electron chi connectivity index (χ3n) is 3.10. The zero-order valence-corrected chi connectivity index (χ0v) is 11.9. The largest absolute Gasteiger partial charge is 0.469 e. The highest BCUT2D eigenvalue weighted by molar-refractivity contribution is 5.79. The number of rotatable bonds is 8. The summed E-state index contributed by atoms with van der Waals surface area (Å²) in [4.78, 5) is 35.6. The number of carbonyl (C=O) groups excluding carboxylic acids is 3. The molecule has 0 saturated carbocycles. The molecule has 1 rings (SSSR count). The van der Waals surface area contributed by atoms with Crippen LogP contribution >= 0.6 is 0 Å². The molecule has 1 aliphatic heterocycles. The Labute approximate surface area is 118 Å². The van der Waals surface area contributed by atoms with E-state index in [0.717, 1.165) is 0 Å². The minimum absolute atomic E-state index is 0.000723. The average molecular weight is 287 g/mol. The number of methoxy groups -OCH3 is 2. The summed E-state index contributed by atoms with van der Waals surface area (Å²) in [5.74, 6) is -0.819. The molecule has 1 fully saturated rings. The van der Waals surface area contributed by atoms with Crippen LogP contribution < -0.4 is 0 Å². The van der Waals surface area contributed by atoms with E-state index in [2.05, 4.69) is 4.74 Å². The molecule has 1 aliphatic rings. The van der Waals surface area contributed by atoms with Crippen LogP contribution in [0.4, 0.5) is 0 Å². The molecule has 20 heavy (non-hydrogen) atoms. The van der Waals surface area contributed by atoms with E-state index in [-0.39, 0.29) is 31.3 Å². The summed E-state index contributed by atoms with van der Waals surface area (Å²) in [5.41, 5.74) is 0. The summed E-state index contributed by atoms with van der Waals surface area (Å²) < 4.78 is 14.4. The van der Waals surface area contributed by atoms with E-state index in [1.165, 1.54) is 7.11 Å². The average Bonchev–Trinajstić information content (AvgIpc) is 2.80. The summed E-state index contributed by atoms with van der Waals surface area (Å²) in [5, 5.41) is 0. The van der Waals surface area contributed by atoms with E-state index in [1.807, 2.05) is 0 Å². The molecule has 0 aromatic carbocycles. The Hall–Kier alpha value is -1.63. The van der Waals surface area contributed by atoms with Gasteiger partial charge in [0.2, 0.25) is 5.91 Å². The highest BCUT2D eigenvalue weighted by Gasteiger charge is 2.30. The summed E-state index contributed by atoms with van der Waals surface area (Å²) in [7, 11) is 2.85. The molecule has 1 atom stereocenters. The predicted octanol–water partition coefficient (Wildman–Crippen LogP) is -0.0223. The Bertz CT molecular complexity index is 357. The van der Waals surface area contributed by atoms with Crippen molar-refractivity contribution in [3.63, 3.8) is 0 Å². The third kappa shape index (κ3) is 5.56. The fourth-order valence-corrected chi connectivity index (χ4v) is 1.97. The minimum atomic E-state index is -0.446. The Morgan fingerprint density at radius 2 is 1.95 bits per heavy atom. The van der Waals surface area contributed by atoms with Crippen LogP contribution in [0.5, 0.6) is 0 Å². The molecule has 0 aromatic heterocycles. The lowest BCUT2D eigenvalue weighted by Crippen LogP contribution is -2.29. The van der Waals surface area contributed by atoms with Crippen LogP contribution in [0.1, 0.15) is 19.3 Å². The van der Waals surface area contributed by atoms with E-state index in [1.54, 1.807) is 12.0 Å². The second-order valence-electron chi connectivity index (χ2n) is 4.66. The van der Waals surface area contributed by atoms with E-state index in [9.17, 15) is 14.4 Å². The van der Waals surface area contributed by atoms with Crippen molar-refractivity contribution in [3.8, 4) is 0 Å². The van der Waals surface area contributed by atoms with Gasteiger partial charge in [-0.1, -0.05) is 0 Å². The normalized spacial score (nSPS) is 18.2. The first-order chi connectivity index (χ1) is 9.56. The van der Waals surface area contributed by atoms with Gasteiger partial charge >= 0.3 is 11.9 Å². The molecule has 114 valence electrons. The first-order valence-electron chi connectivity index (χ1n) is 6.56. The number of nitrogens with zero attached hydrogens (tertiary/aromatic N) is 1. The van der Waals surface area contributed by atoms with Crippen molar-refractivity contribution in [2.45, 2.75) is 19.3 Å². The quantitative estimate of drug-likeness (QED) is 0.583. The van der Waals surface area contributed by atoms with Crippen molar-refractivity contribution in [2.75, 3.05) is 40.5 Å². The van der Waals surface area contributed by atoms with E-state index in [0.29, 0.717) is 26.1 Å². The van der Waals surface area contributed by atoms with Gasteiger partial charge in [-0.2, -0.15) is 0 Å². The van der Waals surface area contributed by atoms with Crippen LogP contribution in [0.3, 0.4) is 0 Å². The molecule has 0 bridgehead atoms. The lowest BCUT2D eigenvalue weighted by Gasteiger charge is -2.15. The highest BCUT2D eigenvalue weighted by Crippen LogP contribution is 2.18. The van der Waals surface area contributed by atoms with Crippen LogP contribution in [0.25, 0.3) is 0 Å². The number of esters is 2. The minimum Gasteiger partial charge on any atom is -0.469 e. The SMILES string of the molecule is COCCN1CC(COC(=O)CCC(=O)OC)CC1=O. The molecule has 1 saturated heterocycles. The molecule has 0 aromatic rings.